The van der Waals surface area contributed by atoms with E-state index in [2.05, 4.69) is 0 Å². The lowest BCUT2D eigenvalue weighted by molar-refractivity contribution is -0.120. The van der Waals surface area contributed by atoms with Gasteiger partial charge < -0.3 is 14.9 Å². The number of carbonyl (C=O) groups excluding carboxylic acids is 2. The van der Waals surface area contributed by atoms with Gasteiger partial charge in [-0.25, -0.2) is 4.90 Å². The number of nitrogens with zero attached hydrogens (tertiary/aromatic N) is 3. The highest BCUT2D eigenvalue weighted by Gasteiger charge is 2.43. The first-order chi connectivity index (χ1) is 14.5. The second-order valence-electron chi connectivity index (χ2n) is 8.08. The van der Waals surface area contributed by atoms with E-state index in [1.807, 2.05) is 78.5 Å². The Morgan fingerprint density at radius 2 is 1.70 bits per heavy atom. The van der Waals surface area contributed by atoms with Crippen LogP contribution in [0.2, 0.25) is 0 Å². The molecule has 156 valence electrons. The van der Waals surface area contributed by atoms with Crippen LogP contribution in [0.25, 0.3) is 5.57 Å². The predicted molar refractivity (Wildman–Crippen MR) is 118 cm³/mol. The van der Waals surface area contributed by atoms with Crippen molar-refractivity contribution in [1.29, 1.82) is 0 Å². The number of amides is 2. The van der Waals surface area contributed by atoms with E-state index in [9.17, 15) is 14.7 Å². The topological polar surface area (TPSA) is 64.1 Å². The van der Waals surface area contributed by atoms with Gasteiger partial charge in [0.25, 0.3) is 11.8 Å². The molecule has 2 aliphatic rings. The Balaban J connectivity index is 1.76. The quantitative estimate of drug-likeness (QED) is 0.775. The molecule has 1 N–H and O–H groups in total. The Morgan fingerprint density at radius 3 is 2.33 bits per heavy atom. The lowest BCUT2D eigenvalue weighted by atomic mass is 9.97. The summed E-state index contributed by atoms with van der Waals surface area (Å²) in [6, 6.07) is 16.8. The molecule has 6 nitrogen and oxygen atoms in total. The Kier molecular flexibility index (Phi) is 5.59. The second kappa shape index (κ2) is 8.32. The molecule has 4 rings (SSSR count). The van der Waals surface area contributed by atoms with Crippen molar-refractivity contribution < 1.29 is 14.7 Å². The average Bonchev–Trinajstić information content (AvgIpc) is 3.04. The molecule has 6 heteroatoms. The van der Waals surface area contributed by atoms with Gasteiger partial charge in [-0.15, -0.1) is 0 Å². The van der Waals surface area contributed by atoms with Gasteiger partial charge in [0.15, 0.2) is 0 Å². The zero-order valence-electron chi connectivity index (χ0n) is 17.4. The summed E-state index contributed by atoms with van der Waals surface area (Å²) < 4.78 is 0. The van der Waals surface area contributed by atoms with Gasteiger partial charge in [-0.05, 0) is 48.6 Å². The van der Waals surface area contributed by atoms with E-state index in [1.54, 1.807) is 0 Å². The average molecular weight is 405 g/mol. The van der Waals surface area contributed by atoms with Gasteiger partial charge in [0, 0.05) is 39.5 Å². The summed E-state index contributed by atoms with van der Waals surface area (Å²) >= 11 is 0. The molecule has 30 heavy (non-hydrogen) atoms. The molecule has 1 saturated heterocycles. The summed E-state index contributed by atoms with van der Waals surface area (Å²) in [7, 11) is 3.89. The summed E-state index contributed by atoms with van der Waals surface area (Å²) in [4.78, 5) is 32.3. The largest absolute Gasteiger partial charge is 0.396 e. The SMILES string of the molecule is CN(C)c1ccc(N2C(=O)C(c3ccccc3)=C(N3CCCC(CO)C3)C2=O)cc1. The first-order valence-electron chi connectivity index (χ1n) is 10.3. The van der Waals surface area contributed by atoms with Crippen molar-refractivity contribution in [3.63, 3.8) is 0 Å². The van der Waals surface area contributed by atoms with Crippen molar-refractivity contribution in [3.8, 4) is 0 Å². The third kappa shape index (κ3) is 3.59. The number of likely N-dealkylation sites (tertiary alicyclic amines) is 1. The van der Waals surface area contributed by atoms with Gasteiger partial charge in [0.05, 0.1) is 11.3 Å². The van der Waals surface area contributed by atoms with Gasteiger partial charge in [0.1, 0.15) is 5.70 Å². The summed E-state index contributed by atoms with van der Waals surface area (Å²) in [5.74, 6) is -0.487. The molecule has 2 aliphatic heterocycles. The summed E-state index contributed by atoms with van der Waals surface area (Å²) in [5, 5.41) is 9.64. The van der Waals surface area contributed by atoms with E-state index in [4.69, 9.17) is 0 Å². The molecule has 1 fully saturated rings. The first kappa shape index (κ1) is 20.2. The number of piperidine rings is 1. The minimum atomic E-state index is -0.301. The van der Waals surface area contributed by atoms with Crippen LogP contribution in [0.15, 0.2) is 60.3 Å². The smallest absolute Gasteiger partial charge is 0.282 e. The van der Waals surface area contributed by atoms with Crippen LogP contribution in [0.5, 0.6) is 0 Å². The second-order valence-corrected chi connectivity index (χ2v) is 8.08. The van der Waals surface area contributed by atoms with Crippen LogP contribution in [0.3, 0.4) is 0 Å². The standard InChI is InChI=1S/C24H27N3O3/c1-25(2)19-10-12-20(13-11-19)27-23(29)21(18-8-4-3-5-9-18)22(24(27)30)26-14-6-7-17(15-26)16-28/h3-5,8-13,17,28H,6-7,14-16H2,1-2H3. The summed E-state index contributed by atoms with van der Waals surface area (Å²) in [6.45, 7) is 1.37. The van der Waals surface area contributed by atoms with Crippen LogP contribution in [0.1, 0.15) is 18.4 Å². The van der Waals surface area contributed by atoms with Crippen molar-refractivity contribution in [2.75, 3.05) is 43.6 Å². The molecule has 0 spiro atoms. The fourth-order valence-electron chi connectivity index (χ4n) is 4.23. The van der Waals surface area contributed by atoms with Crippen LogP contribution in [-0.2, 0) is 9.59 Å². The Bertz CT molecular complexity index is 967. The monoisotopic (exact) mass is 405 g/mol. The van der Waals surface area contributed by atoms with E-state index < -0.39 is 0 Å². The van der Waals surface area contributed by atoms with Gasteiger partial charge in [-0.2, -0.15) is 0 Å². The Morgan fingerprint density at radius 1 is 1.00 bits per heavy atom. The zero-order chi connectivity index (χ0) is 21.3. The van der Waals surface area contributed by atoms with Crippen LogP contribution in [-0.4, -0.2) is 55.6 Å². The fraction of sp³-hybridized carbons (Fsp3) is 0.333. The van der Waals surface area contributed by atoms with Crippen molar-refractivity contribution >= 4 is 28.8 Å². The number of hydrogen-bond donors (Lipinski definition) is 1. The van der Waals surface area contributed by atoms with Gasteiger partial charge in [0.2, 0.25) is 0 Å². The molecule has 2 aromatic carbocycles. The molecule has 0 saturated carbocycles. The highest BCUT2D eigenvalue weighted by atomic mass is 16.3. The minimum absolute atomic E-state index is 0.0856. The molecule has 0 aromatic heterocycles. The van der Waals surface area contributed by atoms with Crippen molar-refractivity contribution in [2.45, 2.75) is 12.8 Å². The molecule has 0 radical (unpaired) electrons. The summed E-state index contributed by atoms with van der Waals surface area (Å²) in [5.41, 5.74) is 3.19. The number of imide groups is 1. The number of benzene rings is 2. The van der Waals surface area contributed by atoms with Crippen LogP contribution < -0.4 is 9.80 Å². The number of aliphatic hydroxyl groups is 1. The number of rotatable bonds is 5. The molecule has 2 amide bonds. The van der Waals surface area contributed by atoms with E-state index in [-0.39, 0.29) is 24.3 Å². The minimum Gasteiger partial charge on any atom is -0.396 e. The van der Waals surface area contributed by atoms with E-state index in [0.29, 0.717) is 30.0 Å². The number of aliphatic hydroxyl groups excluding tert-OH is 1. The lowest BCUT2D eigenvalue weighted by Crippen LogP contribution is -2.40. The fourth-order valence-corrected chi connectivity index (χ4v) is 4.23. The number of anilines is 2. The molecule has 1 unspecified atom stereocenters. The third-order valence-electron chi connectivity index (χ3n) is 5.84. The van der Waals surface area contributed by atoms with Crippen molar-refractivity contribution in [2.24, 2.45) is 5.92 Å². The van der Waals surface area contributed by atoms with Gasteiger partial charge in [-0.1, -0.05) is 30.3 Å². The van der Waals surface area contributed by atoms with Gasteiger partial charge in [-0.3, -0.25) is 9.59 Å². The third-order valence-corrected chi connectivity index (χ3v) is 5.84. The maximum atomic E-state index is 13.5. The van der Waals surface area contributed by atoms with Crippen LogP contribution >= 0.6 is 0 Å². The molecular formula is C24H27N3O3. The molecule has 2 heterocycles. The van der Waals surface area contributed by atoms with E-state index in [0.717, 1.165) is 24.1 Å². The van der Waals surface area contributed by atoms with E-state index in [1.165, 1.54) is 4.90 Å². The predicted octanol–water partition coefficient (Wildman–Crippen LogP) is 2.74. The lowest BCUT2D eigenvalue weighted by Gasteiger charge is -2.34. The van der Waals surface area contributed by atoms with Gasteiger partial charge >= 0.3 is 0 Å². The summed E-state index contributed by atoms with van der Waals surface area (Å²) in [6.07, 6.45) is 1.81. The Hall–Kier alpha value is -3.12. The molecule has 0 bridgehead atoms. The number of carbonyl (C=O) groups is 2. The van der Waals surface area contributed by atoms with Crippen LogP contribution in [0, 0.1) is 5.92 Å². The van der Waals surface area contributed by atoms with Crippen molar-refractivity contribution in [3.05, 3.63) is 65.9 Å². The zero-order valence-corrected chi connectivity index (χ0v) is 17.4. The molecule has 2 aromatic rings. The Labute approximate surface area is 177 Å². The number of hydrogen-bond acceptors (Lipinski definition) is 5. The maximum absolute atomic E-state index is 13.5. The first-order valence-corrected chi connectivity index (χ1v) is 10.3. The highest BCUT2D eigenvalue weighted by Crippen LogP contribution is 2.36. The molecule has 1 atom stereocenters. The normalized spacial score (nSPS) is 19.6. The van der Waals surface area contributed by atoms with E-state index >= 15 is 0 Å². The van der Waals surface area contributed by atoms with Crippen LogP contribution in [0.4, 0.5) is 11.4 Å². The molecule has 0 aliphatic carbocycles. The highest BCUT2D eigenvalue weighted by molar-refractivity contribution is 6.45. The van der Waals surface area contributed by atoms with Crippen molar-refractivity contribution in [1.82, 2.24) is 4.90 Å². The molecular weight excluding hydrogens is 378 g/mol. The maximum Gasteiger partial charge on any atom is 0.282 e.